The van der Waals surface area contributed by atoms with Gasteiger partial charge in [0.2, 0.25) is 0 Å². The Kier molecular flexibility index (Phi) is 3.72. The van der Waals surface area contributed by atoms with Gasteiger partial charge in [-0.05, 0) is 25.9 Å². The lowest BCUT2D eigenvalue weighted by Crippen LogP contribution is -2.33. The van der Waals surface area contributed by atoms with Crippen molar-refractivity contribution in [1.82, 2.24) is 10.2 Å². The molecule has 1 aliphatic rings. The second-order valence-corrected chi connectivity index (χ2v) is 2.71. The molecule has 3 nitrogen and oxygen atoms in total. The highest BCUT2D eigenvalue weighted by atomic mass is 16.3. The molecule has 0 saturated carbocycles. The summed E-state index contributed by atoms with van der Waals surface area (Å²) >= 11 is 0. The molecule has 0 aromatic heterocycles. The molecule has 0 aromatic rings. The summed E-state index contributed by atoms with van der Waals surface area (Å²) < 4.78 is 0. The third-order valence-corrected chi connectivity index (χ3v) is 1.82. The van der Waals surface area contributed by atoms with Gasteiger partial charge in [0, 0.05) is 13.2 Å². The van der Waals surface area contributed by atoms with Crippen LogP contribution in [0, 0.1) is 0 Å². The van der Waals surface area contributed by atoms with Gasteiger partial charge in [0.1, 0.15) is 0 Å². The molecule has 0 amide bonds. The van der Waals surface area contributed by atoms with E-state index in [1.807, 2.05) is 0 Å². The zero-order chi connectivity index (χ0) is 7.23. The van der Waals surface area contributed by atoms with E-state index in [9.17, 15) is 0 Å². The first-order chi connectivity index (χ1) is 4.93. The van der Waals surface area contributed by atoms with E-state index in [1.165, 1.54) is 25.9 Å². The Morgan fingerprint density at radius 2 is 2.00 bits per heavy atom. The maximum absolute atomic E-state index is 8.46. The number of nitrogens with zero attached hydrogens (tertiary/aromatic N) is 1. The Hall–Kier alpha value is -0.120. The van der Waals surface area contributed by atoms with Gasteiger partial charge in [0.25, 0.3) is 0 Å². The van der Waals surface area contributed by atoms with Gasteiger partial charge in [0.05, 0.1) is 6.61 Å². The van der Waals surface area contributed by atoms with Crippen molar-refractivity contribution in [2.75, 3.05) is 32.9 Å². The molecule has 0 radical (unpaired) electrons. The van der Waals surface area contributed by atoms with Crippen LogP contribution in [0.2, 0.25) is 0 Å². The van der Waals surface area contributed by atoms with Gasteiger partial charge in [-0.3, -0.25) is 4.90 Å². The van der Waals surface area contributed by atoms with E-state index < -0.39 is 0 Å². The predicted octanol–water partition coefficient (Wildman–Crippen LogP) is -0.378. The van der Waals surface area contributed by atoms with Gasteiger partial charge < -0.3 is 10.4 Å². The minimum absolute atomic E-state index is 0.244. The van der Waals surface area contributed by atoms with Gasteiger partial charge in [-0.2, -0.15) is 0 Å². The molecule has 2 N–H and O–H groups in total. The van der Waals surface area contributed by atoms with Crippen LogP contribution in [-0.2, 0) is 0 Å². The monoisotopic (exact) mass is 144 g/mol. The van der Waals surface area contributed by atoms with Gasteiger partial charge in [0.15, 0.2) is 0 Å². The van der Waals surface area contributed by atoms with Crippen LogP contribution in [0.4, 0.5) is 0 Å². The minimum atomic E-state index is 0.244. The predicted molar refractivity (Wildman–Crippen MR) is 40.8 cm³/mol. The summed E-state index contributed by atoms with van der Waals surface area (Å²) in [5.41, 5.74) is 0. The number of aliphatic hydroxyl groups excluding tert-OH is 1. The number of hydrogen-bond donors (Lipinski definition) is 2. The van der Waals surface area contributed by atoms with Crippen molar-refractivity contribution in [3.63, 3.8) is 0 Å². The maximum Gasteiger partial charge on any atom is 0.0556 e. The van der Waals surface area contributed by atoms with Crippen molar-refractivity contribution in [3.8, 4) is 0 Å². The standard InChI is InChI=1S/C7H16N2O/c10-6-3-8-7-9-4-1-2-5-9/h8,10H,1-7H2. The Balaban J connectivity index is 1.91. The van der Waals surface area contributed by atoms with Crippen LogP contribution < -0.4 is 5.32 Å². The summed E-state index contributed by atoms with van der Waals surface area (Å²) in [7, 11) is 0. The van der Waals surface area contributed by atoms with E-state index in [-0.39, 0.29) is 6.61 Å². The molecule has 0 aromatic carbocycles. The van der Waals surface area contributed by atoms with Crippen molar-refractivity contribution in [3.05, 3.63) is 0 Å². The second kappa shape index (κ2) is 4.66. The fraction of sp³-hybridized carbons (Fsp3) is 1.00. The fourth-order valence-corrected chi connectivity index (χ4v) is 1.26. The summed E-state index contributed by atoms with van der Waals surface area (Å²) in [5, 5.41) is 11.6. The van der Waals surface area contributed by atoms with Gasteiger partial charge in [-0.1, -0.05) is 0 Å². The molecule has 60 valence electrons. The van der Waals surface area contributed by atoms with Gasteiger partial charge >= 0.3 is 0 Å². The van der Waals surface area contributed by atoms with Crippen molar-refractivity contribution >= 4 is 0 Å². The molecule has 1 rings (SSSR count). The molecule has 1 fully saturated rings. The molecular weight excluding hydrogens is 128 g/mol. The van der Waals surface area contributed by atoms with Crippen LogP contribution in [0.1, 0.15) is 12.8 Å². The molecule has 0 atom stereocenters. The Morgan fingerprint density at radius 1 is 1.30 bits per heavy atom. The molecule has 0 bridgehead atoms. The van der Waals surface area contributed by atoms with Crippen LogP contribution in [-0.4, -0.2) is 42.9 Å². The number of likely N-dealkylation sites (tertiary alicyclic amines) is 1. The maximum atomic E-state index is 8.46. The first-order valence-electron chi connectivity index (χ1n) is 3.97. The highest BCUT2D eigenvalue weighted by molar-refractivity contribution is 4.64. The van der Waals surface area contributed by atoms with E-state index in [2.05, 4.69) is 10.2 Å². The molecular formula is C7H16N2O. The SMILES string of the molecule is OCCNCN1CCCC1. The van der Waals surface area contributed by atoms with E-state index in [4.69, 9.17) is 5.11 Å². The van der Waals surface area contributed by atoms with E-state index in [1.54, 1.807) is 0 Å². The van der Waals surface area contributed by atoms with Crippen molar-refractivity contribution in [2.24, 2.45) is 0 Å². The molecule has 1 saturated heterocycles. The van der Waals surface area contributed by atoms with Crippen LogP contribution in [0.5, 0.6) is 0 Å². The minimum Gasteiger partial charge on any atom is -0.395 e. The van der Waals surface area contributed by atoms with Crippen LogP contribution in [0.15, 0.2) is 0 Å². The highest BCUT2D eigenvalue weighted by Gasteiger charge is 2.09. The number of hydrogen-bond acceptors (Lipinski definition) is 3. The molecule has 0 spiro atoms. The fourth-order valence-electron chi connectivity index (χ4n) is 1.26. The summed E-state index contributed by atoms with van der Waals surface area (Å²) in [5.74, 6) is 0. The van der Waals surface area contributed by atoms with Crippen LogP contribution >= 0.6 is 0 Å². The van der Waals surface area contributed by atoms with Crippen LogP contribution in [0.25, 0.3) is 0 Å². The van der Waals surface area contributed by atoms with Crippen molar-refractivity contribution < 1.29 is 5.11 Å². The number of rotatable bonds is 4. The van der Waals surface area contributed by atoms with Crippen molar-refractivity contribution in [1.29, 1.82) is 0 Å². The Labute approximate surface area is 62.0 Å². The number of aliphatic hydroxyl groups is 1. The molecule has 3 heteroatoms. The Bertz CT molecular complexity index is 81.7. The quantitative estimate of drug-likeness (QED) is 0.528. The normalized spacial score (nSPS) is 20.1. The van der Waals surface area contributed by atoms with Gasteiger partial charge in [-0.25, -0.2) is 0 Å². The first-order valence-corrected chi connectivity index (χ1v) is 3.97. The lowest BCUT2D eigenvalue weighted by atomic mass is 10.4. The summed E-state index contributed by atoms with van der Waals surface area (Å²) in [4.78, 5) is 2.37. The molecule has 1 aliphatic heterocycles. The van der Waals surface area contributed by atoms with Crippen LogP contribution in [0.3, 0.4) is 0 Å². The zero-order valence-corrected chi connectivity index (χ0v) is 6.34. The number of nitrogens with one attached hydrogen (secondary N) is 1. The summed E-state index contributed by atoms with van der Waals surface area (Å²) in [6, 6.07) is 0. The highest BCUT2D eigenvalue weighted by Crippen LogP contribution is 2.04. The Morgan fingerprint density at radius 3 is 2.60 bits per heavy atom. The van der Waals surface area contributed by atoms with Gasteiger partial charge in [-0.15, -0.1) is 0 Å². The summed E-state index contributed by atoms with van der Waals surface area (Å²) in [6.07, 6.45) is 2.67. The summed E-state index contributed by atoms with van der Waals surface area (Å²) in [6.45, 7) is 4.35. The third kappa shape index (κ3) is 2.64. The third-order valence-electron chi connectivity index (χ3n) is 1.82. The topological polar surface area (TPSA) is 35.5 Å². The largest absolute Gasteiger partial charge is 0.395 e. The lowest BCUT2D eigenvalue weighted by molar-refractivity contribution is 0.260. The molecule has 0 aliphatic carbocycles. The molecule has 0 unspecified atom stereocenters. The average molecular weight is 144 g/mol. The molecule has 10 heavy (non-hydrogen) atoms. The second-order valence-electron chi connectivity index (χ2n) is 2.71. The molecule has 1 heterocycles. The van der Waals surface area contributed by atoms with E-state index >= 15 is 0 Å². The first kappa shape index (κ1) is 7.98. The van der Waals surface area contributed by atoms with Crippen molar-refractivity contribution in [2.45, 2.75) is 12.8 Å². The average Bonchev–Trinajstić information content (AvgIpc) is 2.41. The zero-order valence-electron chi connectivity index (χ0n) is 6.34. The van der Waals surface area contributed by atoms with E-state index in [0.717, 1.165) is 13.2 Å². The smallest absolute Gasteiger partial charge is 0.0556 e. The lowest BCUT2D eigenvalue weighted by Gasteiger charge is -2.14. The van der Waals surface area contributed by atoms with E-state index in [0.29, 0.717) is 0 Å².